The van der Waals surface area contributed by atoms with Gasteiger partial charge in [0.05, 0.1) is 13.2 Å². The fourth-order valence-corrected chi connectivity index (χ4v) is 2.39. The molecule has 164 valence electrons. The Morgan fingerprint density at radius 3 is 1.71 bits per heavy atom. The Hall–Kier alpha value is -3.49. The van der Waals surface area contributed by atoms with Crippen molar-refractivity contribution in [1.29, 1.82) is 0 Å². The van der Waals surface area contributed by atoms with Crippen LogP contribution in [0.1, 0.15) is 31.9 Å². The summed E-state index contributed by atoms with van der Waals surface area (Å²) >= 11 is 0. The average molecular weight is 428 g/mol. The molecule has 31 heavy (non-hydrogen) atoms. The molecule has 2 aromatic rings. The van der Waals surface area contributed by atoms with Crippen LogP contribution in [0.2, 0.25) is 0 Å². The van der Waals surface area contributed by atoms with Crippen LogP contribution < -0.4 is 14.2 Å². The van der Waals surface area contributed by atoms with Gasteiger partial charge in [0.2, 0.25) is 0 Å². The molecule has 0 amide bonds. The van der Waals surface area contributed by atoms with Crippen LogP contribution >= 0.6 is 0 Å². The summed E-state index contributed by atoms with van der Waals surface area (Å²) in [5, 5.41) is 18.5. The van der Waals surface area contributed by atoms with Gasteiger partial charge < -0.3 is 24.4 Å². The lowest BCUT2D eigenvalue weighted by Gasteiger charge is -2.21. The summed E-state index contributed by atoms with van der Waals surface area (Å²) in [6.07, 6.45) is 3.50. The third-order valence-electron chi connectivity index (χ3n) is 4.18. The van der Waals surface area contributed by atoms with Crippen molar-refractivity contribution < 1.29 is 38.8 Å². The van der Waals surface area contributed by atoms with Crippen LogP contribution in [-0.2, 0) is 14.4 Å². The number of hydrogen-bond acceptors (Lipinski definition) is 8. The molecule has 2 N–H and O–H groups in total. The first-order valence-corrected chi connectivity index (χ1v) is 9.39. The molecule has 0 aliphatic carbocycles. The molecule has 0 unspecified atom stereocenters. The lowest BCUT2D eigenvalue weighted by atomic mass is 9.93. The van der Waals surface area contributed by atoms with E-state index in [-0.39, 0.29) is 17.2 Å². The van der Waals surface area contributed by atoms with Crippen molar-refractivity contribution in [3.8, 4) is 17.2 Å². The molecule has 0 aliphatic rings. The number of esters is 3. The second kappa shape index (κ2) is 10.5. The highest BCUT2D eigenvalue weighted by Gasteiger charge is 2.34. The van der Waals surface area contributed by atoms with Crippen molar-refractivity contribution in [3.63, 3.8) is 0 Å². The highest BCUT2D eigenvalue weighted by Crippen LogP contribution is 2.25. The Balaban J connectivity index is 2.17. The monoisotopic (exact) mass is 428 g/mol. The molecule has 8 nitrogen and oxygen atoms in total. The predicted molar refractivity (Wildman–Crippen MR) is 112 cm³/mol. The van der Waals surface area contributed by atoms with E-state index in [0.29, 0.717) is 5.56 Å². The van der Waals surface area contributed by atoms with Crippen molar-refractivity contribution in [2.45, 2.75) is 20.8 Å². The van der Waals surface area contributed by atoms with Crippen molar-refractivity contribution in [2.24, 2.45) is 5.41 Å². The highest BCUT2D eigenvalue weighted by molar-refractivity contribution is 5.79. The van der Waals surface area contributed by atoms with E-state index >= 15 is 0 Å². The summed E-state index contributed by atoms with van der Waals surface area (Å²) in [5.41, 5.74) is 0.0246. The molecule has 0 saturated carbocycles. The van der Waals surface area contributed by atoms with E-state index in [0.717, 1.165) is 5.56 Å². The first-order chi connectivity index (χ1) is 14.6. The molecule has 0 spiro atoms. The van der Waals surface area contributed by atoms with Gasteiger partial charge in [-0.05, 0) is 42.3 Å². The molecule has 8 heteroatoms. The van der Waals surface area contributed by atoms with Crippen molar-refractivity contribution in [2.75, 3.05) is 13.2 Å². The predicted octanol–water partition coefficient (Wildman–Crippen LogP) is 2.60. The summed E-state index contributed by atoms with van der Waals surface area (Å²) in [4.78, 5) is 34.5. The summed E-state index contributed by atoms with van der Waals surface area (Å²) in [7, 11) is 0. The molecule has 0 radical (unpaired) electrons. The van der Waals surface area contributed by atoms with Gasteiger partial charge in [-0.3, -0.25) is 14.4 Å². The van der Waals surface area contributed by atoms with Crippen LogP contribution in [0.3, 0.4) is 0 Å². The molecule has 0 saturated heterocycles. The number of aliphatic hydroxyl groups is 2. The van der Waals surface area contributed by atoms with Crippen LogP contribution in [0.4, 0.5) is 0 Å². The number of ether oxygens (including phenoxy) is 3. The molecular formula is C23H24O8. The van der Waals surface area contributed by atoms with Crippen LogP contribution in [0.25, 0.3) is 12.2 Å². The lowest BCUT2D eigenvalue weighted by Crippen LogP contribution is -2.38. The van der Waals surface area contributed by atoms with Gasteiger partial charge in [-0.2, -0.15) is 0 Å². The Labute approximate surface area is 179 Å². The maximum atomic E-state index is 12.1. The SMILES string of the molecule is CC(=O)Oc1cc(/C=C/c2ccc(OC(=O)C(C)(CO)CO)cc2)cc(OC(C)=O)c1. The Morgan fingerprint density at radius 2 is 1.26 bits per heavy atom. The first-order valence-electron chi connectivity index (χ1n) is 9.39. The van der Waals surface area contributed by atoms with E-state index in [9.17, 15) is 24.6 Å². The number of carbonyl (C=O) groups is 3. The minimum absolute atomic E-state index is 0.240. The van der Waals surface area contributed by atoms with E-state index in [1.54, 1.807) is 48.6 Å². The number of aliphatic hydroxyl groups excluding tert-OH is 2. The van der Waals surface area contributed by atoms with Gasteiger partial charge in [0.1, 0.15) is 22.7 Å². The molecular weight excluding hydrogens is 404 g/mol. The lowest BCUT2D eigenvalue weighted by molar-refractivity contribution is -0.150. The fraction of sp³-hybridized carbons (Fsp3) is 0.261. The Kier molecular flexibility index (Phi) is 8.07. The van der Waals surface area contributed by atoms with Crippen LogP contribution in [0.15, 0.2) is 42.5 Å². The average Bonchev–Trinajstić information content (AvgIpc) is 2.71. The number of rotatable bonds is 8. The van der Waals surface area contributed by atoms with Crippen LogP contribution in [0, 0.1) is 5.41 Å². The quantitative estimate of drug-likeness (QED) is 0.374. The van der Waals surface area contributed by atoms with Gasteiger partial charge in [0.15, 0.2) is 0 Å². The zero-order chi connectivity index (χ0) is 23.0. The molecule has 0 aromatic heterocycles. The Bertz CT molecular complexity index is 937. The molecule has 0 heterocycles. The number of hydrogen-bond donors (Lipinski definition) is 2. The van der Waals surface area contributed by atoms with Crippen LogP contribution in [-0.4, -0.2) is 41.3 Å². The van der Waals surface area contributed by atoms with E-state index in [1.807, 2.05) is 0 Å². The van der Waals surface area contributed by atoms with Gasteiger partial charge in [0.25, 0.3) is 0 Å². The molecule has 0 fully saturated rings. The van der Waals surface area contributed by atoms with E-state index in [2.05, 4.69) is 0 Å². The smallest absolute Gasteiger partial charge is 0.321 e. The zero-order valence-corrected chi connectivity index (χ0v) is 17.5. The molecule has 0 bridgehead atoms. The van der Waals surface area contributed by atoms with Gasteiger partial charge in [-0.15, -0.1) is 0 Å². The minimum Gasteiger partial charge on any atom is -0.427 e. The Morgan fingerprint density at radius 1 is 0.774 bits per heavy atom. The summed E-state index contributed by atoms with van der Waals surface area (Å²) in [5.74, 6) is -0.990. The van der Waals surface area contributed by atoms with Gasteiger partial charge >= 0.3 is 17.9 Å². The third kappa shape index (κ3) is 7.06. The van der Waals surface area contributed by atoms with Crippen molar-refractivity contribution >= 4 is 30.1 Å². The van der Waals surface area contributed by atoms with Gasteiger partial charge in [0, 0.05) is 19.9 Å². The molecule has 2 rings (SSSR count). The molecule has 0 atom stereocenters. The van der Waals surface area contributed by atoms with Crippen molar-refractivity contribution in [1.82, 2.24) is 0 Å². The maximum absolute atomic E-state index is 12.1. The van der Waals surface area contributed by atoms with E-state index in [4.69, 9.17) is 14.2 Å². The summed E-state index contributed by atoms with van der Waals surface area (Å²) < 4.78 is 15.4. The highest BCUT2D eigenvalue weighted by atomic mass is 16.5. The molecule has 2 aromatic carbocycles. The van der Waals surface area contributed by atoms with Crippen LogP contribution in [0.5, 0.6) is 17.2 Å². The molecule has 0 aliphatic heterocycles. The largest absolute Gasteiger partial charge is 0.427 e. The van der Waals surface area contributed by atoms with Gasteiger partial charge in [-0.25, -0.2) is 0 Å². The second-order valence-corrected chi connectivity index (χ2v) is 7.09. The topological polar surface area (TPSA) is 119 Å². The standard InChI is InChI=1S/C23H24O8/c1-15(26)29-20-10-18(11-21(12-20)30-16(2)27)5-4-17-6-8-19(9-7-17)31-22(28)23(3,13-24)14-25/h4-12,24-25H,13-14H2,1-3H3/b5-4+. The van der Waals surface area contributed by atoms with Gasteiger partial charge in [-0.1, -0.05) is 24.3 Å². The normalized spacial score (nSPS) is 11.3. The van der Waals surface area contributed by atoms with E-state index in [1.165, 1.54) is 26.8 Å². The zero-order valence-electron chi connectivity index (χ0n) is 17.5. The third-order valence-corrected chi connectivity index (χ3v) is 4.18. The maximum Gasteiger partial charge on any atom is 0.321 e. The number of benzene rings is 2. The summed E-state index contributed by atoms with van der Waals surface area (Å²) in [6, 6.07) is 11.2. The first kappa shape index (κ1) is 23.8. The summed E-state index contributed by atoms with van der Waals surface area (Å²) in [6.45, 7) is 2.87. The minimum atomic E-state index is -1.38. The fourth-order valence-electron chi connectivity index (χ4n) is 2.39. The number of carbonyl (C=O) groups excluding carboxylic acids is 3. The van der Waals surface area contributed by atoms with Crippen molar-refractivity contribution in [3.05, 3.63) is 53.6 Å². The second-order valence-electron chi connectivity index (χ2n) is 7.09. The van der Waals surface area contributed by atoms with E-state index < -0.39 is 36.5 Å².